The Hall–Kier alpha value is -3.39. The number of carboxylic acids is 1. The van der Waals surface area contributed by atoms with E-state index in [4.69, 9.17) is 0 Å². The molecule has 0 aliphatic carbocycles. The van der Waals surface area contributed by atoms with E-state index in [1.54, 1.807) is 19.3 Å². The number of aromatic amines is 1. The van der Waals surface area contributed by atoms with Gasteiger partial charge >= 0.3 is 12.0 Å². The first-order chi connectivity index (χ1) is 13.0. The van der Waals surface area contributed by atoms with Crippen molar-refractivity contribution in [3.8, 4) is 0 Å². The Kier molecular flexibility index (Phi) is 4.04. The molecule has 8 heteroatoms. The number of thiophene rings is 1. The molecule has 0 atom stereocenters. The van der Waals surface area contributed by atoms with Gasteiger partial charge in [0, 0.05) is 29.8 Å². The third kappa shape index (κ3) is 2.89. The number of nitrogens with zero attached hydrogens (tertiary/aromatic N) is 2. The lowest BCUT2D eigenvalue weighted by molar-refractivity contribution is 0.0702. The van der Waals surface area contributed by atoms with Gasteiger partial charge in [-0.25, -0.2) is 9.59 Å². The number of amides is 2. The summed E-state index contributed by atoms with van der Waals surface area (Å²) in [7, 11) is 1.56. The quantitative estimate of drug-likeness (QED) is 0.494. The smallest absolute Gasteiger partial charge is 0.345 e. The molecule has 0 aliphatic heterocycles. The van der Waals surface area contributed by atoms with Crippen molar-refractivity contribution >= 4 is 55.8 Å². The molecule has 0 unspecified atom stereocenters. The van der Waals surface area contributed by atoms with Crippen LogP contribution in [-0.2, 0) is 0 Å². The Morgan fingerprint density at radius 1 is 1.22 bits per heavy atom. The zero-order valence-electron chi connectivity index (χ0n) is 14.6. The Balaban J connectivity index is 1.93. The molecule has 3 aromatic heterocycles. The molecule has 0 radical (unpaired) electrons. The Bertz CT molecular complexity index is 1190. The van der Waals surface area contributed by atoms with Gasteiger partial charge in [-0.1, -0.05) is 0 Å². The number of hydrogen-bond acceptors (Lipinski definition) is 4. The molecule has 4 rings (SSSR count). The van der Waals surface area contributed by atoms with Crippen molar-refractivity contribution in [1.82, 2.24) is 15.3 Å². The molecule has 3 N–H and O–H groups in total. The van der Waals surface area contributed by atoms with Crippen LogP contribution in [0.4, 0.5) is 16.2 Å². The molecule has 2 amide bonds. The van der Waals surface area contributed by atoms with Crippen molar-refractivity contribution in [2.75, 3.05) is 11.9 Å². The van der Waals surface area contributed by atoms with Crippen LogP contribution in [-0.4, -0.2) is 34.1 Å². The lowest BCUT2D eigenvalue weighted by atomic mass is 10.2. The van der Waals surface area contributed by atoms with Crippen LogP contribution in [0.5, 0.6) is 0 Å². The number of aromatic carboxylic acids is 1. The molecular formula is C19H16N4O3S. The monoisotopic (exact) mass is 380 g/mol. The van der Waals surface area contributed by atoms with Crippen LogP contribution in [0.2, 0.25) is 0 Å². The highest BCUT2D eigenvalue weighted by Crippen LogP contribution is 2.37. The molecule has 4 aromatic rings. The Morgan fingerprint density at radius 2 is 2.04 bits per heavy atom. The van der Waals surface area contributed by atoms with Crippen LogP contribution in [0.15, 0.2) is 42.6 Å². The predicted molar refractivity (Wildman–Crippen MR) is 106 cm³/mol. The van der Waals surface area contributed by atoms with E-state index in [1.165, 1.54) is 11.0 Å². The molecular weight excluding hydrogens is 364 g/mol. The van der Waals surface area contributed by atoms with Crippen LogP contribution in [0, 0.1) is 6.92 Å². The van der Waals surface area contributed by atoms with Crippen molar-refractivity contribution in [3.05, 3.63) is 53.2 Å². The molecule has 0 bridgehead atoms. The summed E-state index contributed by atoms with van der Waals surface area (Å²) in [5, 5.41) is 12.9. The zero-order valence-corrected chi connectivity index (χ0v) is 15.4. The largest absolute Gasteiger partial charge is 0.477 e. The van der Waals surface area contributed by atoms with Gasteiger partial charge in [-0.3, -0.25) is 9.88 Å². The van der Waals surface area contributed by atoms with Crippen molar-refractivity contribution in [2.24, 2.45) is 0 Å². The second-order valence-corrected chi connectivity index (χ2v) is 7.13. The summed E-state index contributed by atoms with van der Waals surface area (Å²) in [6.07, 6.45) is 1.57. The second-order valence-electron chi connectivity index (χ2n) is 6.07. The average Bonchev–Trinajstić information content (AvgIpc) is 3.24. The van der Waals surface area contributed by atoms with Gasteiger partial charge in [0.1, 0.15) is 4.88 Å². The van der Waals surface area contributed by atoms with Gasteiger partial charge in [-0.2, -0.15) is 0 Å². The minimum Gasteiger partial charge on any atom is -0.477 e. The normalized spacial score (nSPS) is 11.0. The maximum Gasteiger partial charge on any atom is 0.345 e. The fourth-order valence-corrected chi connectivity index (χ4v) is 4.05. The van der Waals surface area contributed by atoms with E-state index in [9.17, 15) is 14.7 Å². The van der Waals surface area contributed by atoms with Gasteiger partial charge < -0.3 is 15.4 Å². The van der Waals surface area contributed by atoms with Gasteiger partial charge in [-0.05, 0) is 43.3 Å². The number of fused-ring (bicyclic) bond motifs is 2. The highest BCUT2D eigenvalue weighted by molar-refractivity contribution is 7.21. The molecule has 136 valence electrons. The molecule has 0 saturated carbocycles. The lowest BCUT2D eigenvalue weighted by Gasteiger charge is -2.23. The highest BCUT2D eigenvalue weighted by atomic mass is 32.1. The SMILES string of the molecule is CNC(=O)N(c1ccc2[nH]c(C)cc2c1)c1ccnc2cc(C(=O)O)sc12. The van der Waals surface area contributed by atoms with E-state index in [0.717, 1.165) is 27.9 Å². The average molecular weight is 380 g/mol. The Morgan fingerprint density at radius 3 is 2.78 bits per heavy atom. The summed E-state index contributed by atoms with van der Waals surface area (Å²) in [4.78, 5) is 33.3. The minimum atomic E-state index is -1.01. The van der Waals surface area contributed by atoms with Crippen LogP contribution < -0.4 is 10.2 Å². The van der Waals surface area contributed by atoms with E-state index in [1.807, 2.05) is 31.2 Å². The number of aryl methyl sites for hydroxylation is 1. The van der Waals surface area contributed by atoms with Crippen LogP contribution in [0.25, 0.3) is 21.1 Å². The second kappa shape index (κ2) is 6.40. The molecule has 7 nitrogen and oxygen atoms in total. The number of aromatic nitrogens is 2. The first-order valence-corrected chi connectivity index (χ1v) is 9.02. The third-order valence-electron chi connectivity index (χ3n) is 4.26. The number of carbonyl (C=O) groups excluding carboxylic acids is 1. The molecule has 0 fully saturated rings. The molecule has 1 aromatic carbocycles. The lowest BCUT2D eigenvalue weighted by Crippen LogP contribution is -2.34. The number of anilines is 2. The summed E-state index contributed by atoms with van der Waals surface area (Å²) in [6.45, 7) is 1.97. The van der Waals surface area contributed by atoms with E-state index in [-0.39, 0.29) is 10.9 Å². The fraction of sp³-hybridized carbons (Fsp3) is 0.105. The van der Waals surface area contributed by atoms with Gasteiger partial charge in [0.05, 0.1) is 21.6 Å². The van der Waals surface area contributed by atoms with Crippen molar-refractivity contribution in [2.45, 2.75) is 6.92 Å². The third-order valence-corrected chi connectivity index (χ3v) is 5.39. The molecule has 3 heterocycles. The van der Waals surface area contributed by atoms with E-state index in [0.29, 0.717) is 21.6 Å². The number of carboxylic acid groups (broad SMARTS) is 1. The highest BCUT2D eigenvalue weighted by Gasteiger charge is 2.22. The first kappa shape index (κ1) is 17.0. The van der Waals surface area contributed by atoms with E-state index in [2.05, 4.69) is 15.3 Å². The number of H-pyrrole nitrogens is 1. The summed E-state index contributed by atoms with van der Waals surface area (Å²) in [5.74, 6) is -1.01. The number of hydrogen-bond donors (Lipinski definition) is 3. The van der Waals surface area contributed by atoms with Gasteiger partial charge in [0.2, 0.25) is 0 Å². The topological polar surface area (TPSA) is 98.3 Å². The molecule has 27 heavy (non-hydrogen) atoms. The summed E-state index contributed by atoms with van der Waals surface area (Å²) in [6, 6.07) is 10.6. The van der Waals surface area contributed by atoms with Crippen molar-refractivity contribution in [1.29, 1.82) is 0 Å². The number of urea groups is 1. The number of benzene rings is 1. The van der Waals surface area contributed by atoms with Gasteiger partial charge in [-0.15, -0.1) is 11.3 Å². The minimum absolute atomic E-state index is 0.179. The summed E-state index contributed by atoms with van der Waals surface area (Å²) in [5.41, 5.74) is 3.83. The Labute approximate surface area is 158 Å². The number of carbonyl (C=O) groups is 2. The van der Waals surface area contributed by atoms with Gasteiger partial charge in [0.15, 0.2) is 0 Å². The van der Waals surface area contributed by atoms with Crippen LogP contribution >= 0.6 is 11.3 Å². The maximum atomic E-state index is 12.7. The molecule has 0 saturated heterocycles. The predicted octanol–water partition coefficient (Wildman–Crippen LogP) is 4.26. The summed E-state index contributed by atoms with van der Waals surface area (Å²) >= 11 is 1.10. The van der Waals surface area contributed by atoms with Crippen molar-refractivity contribution in [3.63, 3.8) is 0 Å². The van der Waals surface area contributed by atoms with Gasteiger partial charge in [0.25, 0.3) is 0 Å². The fourth-order valence-electron chi connectivity index (χ4n) is 3.09. The first-order valence-electron chi connectivity index (χ1n) is 8.21. The standard InChI is InChI=1S/C19H16N4O3S/c1-10-7-11-8-12(3-4-13(11)22-10)23(19(26)20-2)15-5-6-21-14-9-16(18(24)25)27-17(14)15/h3-9,22H,1-2H3,(H,20,26)(H,24,25). The van der Waals surface area contributed by atoms with Crippen LogP contribution in [0.1, 0.15) is 15.4 Å². The zero-order chi connectivity index (χ0) is 19.1. The molecule has 0 spiro atoms. The van der Waals surface area contributed by atoms with E-state index < -0.39 is 5.97 Å². The van der Waals surface area contributed by atoms with Crippen molar-refractivity contribution < 1.29 is 14.7 Å². The van der Waals surface area contributed by atoms with Crippen LogP contribution in [0.3, 0.4) is 0 Å². The molecule has 0 aliphatic rings. The number of rotatable bonds is 3. The maximum absolute atomic E-state index is 12.7. The number of nitrogens with one attached hydrogen (secondary N) is 2. The summed E-state index contributed by atoms with van der Waals surface area (Å²) < 4.78 is 0.642. The number of pyridine rings is 1. The van der Waals surface area contributed by atoms with E-state index >= 15 is 0 Å².